The van der Waals surface area contributed by atoms with Crippen molar-refractivity contribution in [1.29, 1.82) is 0 Å². The van der Waals surface area contributed by atoms with Crippen LogP contribution in [0.5, 0.6) is 0 Å². The van der Waals surface area contributed by atoms with Gasteiger partial charge in [0.05, 0.1) is 6.20 Å². The SMILES string of the molecule is CCCn1nncc1NC1CC1. The lowest BCUT2D eigenvalue weighted by Gasteiger charge is -2.05. The largest absolute Gasteiger partial charge is 0.366 e. The minimum atomic E-state index is 0.680. The zero-order valence-electron chi connectivity index (χ0n) is 7.32. The molecule has 4 nitrogen and oxygen atoms in total. The van der Waals surface area contributed by atoms with Gasteiger partial charge in [-0.25, -0.2) is 4.68 Å². The zero-order chi connectivity index (χ0) is 8.39. The van der Waals surface area contributed by atoms with Gasteiger partial charge in [-0.05, 0) is 19.3 Å². The van der Waals surface area contributed by atoms with Crippen molar-refractivity contribution in [1.82, 2.24) is 15.0 Å². The van der Waals surface area contributed by atoms with E-state index in [1.54, 1.807) is 6.20 Å². The summed E-state index contributed by atoms with van der Waals surface area (Å²) < 4.78 is 1.93. The Morgan fingerprint density at radius 2 is 2.50 bits per heavy atom. The van der Waals surface area contributed by atoms with E-state index in [1.165, 1.54) is 12.8 Å². The number of nitrogens with zero attached hydrogens (tertiary/aromatic N) is 3. The van der Waals surface area contributed by atoms with Crippen LogP contribution in [0.2, 0.25) is 0 Å². The maximum absolute atomic E-state index is 3.99. The van der Waals surface area contributed by atoms with Gasteiger partial charge in [-0.3, -0.25) is 0 Å². The van der Waals surface area contributed by atoms with Crippen LogP contribution in [-0.2, 0) is 6.54 Å². The third-order valence-electron chi connectivity index (χ3n) is 1.98. The highest BCUT2D eigenvalue weighted by Gasteiger charge is 2.22. The molecule has 4 heteroatoms. The summed E-state index contributed by atoms with van der Waals surface area (Å²) in [6.45, 7) is 3.09. The van der Waals surface area contributed by atoms with Gasteiger partial charge >= 0.3 is 0 Å². The molecule has 1 heterocycles. The molecule has 0 atom stereocenters. The van der Waals surface area contributed by atoms with Crippen LogP contribution < -0.4 is 5.32 Å². The molecule has 1 saturated carbocycles. The Morgan fingerprint density at radius 3 is 3.17 bits per heavy atom. The number of hydrogen-bond acceptors (Lipinski definition) is 3. The van der Waals surface area contributed by atoms with E-state index in [2.05, 4.69) is 22.6 Å². The fourth-order valence-electron chi connectivity index (χ4n) is 1.18. The van der Waals surface area contributed by atoms with Crippen LogP contribution in [0, 0.1) is 0 Å². The van der Waals surface area contributed by atoms with Crippen molar-refractivity contribution in [3.05, 3.63) is 6.20 Å². The summed E-state index contributed by atoms with van der Waals surface area (Å²) in [7, 11) is 0. The second-order valence-electron chi connectivity index (χ2n) is 3.26. The fraction of sp³-hybridized carbons (Fsp3) is 0.750. The summed E-state index contributed by atoms with van der Waals surface area (Å²) >= 11 is 0. The van der Waals surface area contributed by atoms with E-state index in [0.717, 1.165) is 18.8 Å². The van der Waals surface area contributed by atoms with Gasteiger partial charge in [0.2, 0.25) is 0 Å². The zero-order valence-corrected chi connectivity index (χ0v) is 7.32. The first kappa shape index (κ1) is 7.58. The lowest BCUT2D eigenvalue weighted by atomic mass is 10.5. The fourth-order valence-corrected chi connectivity index (χ4v) is 1.18. The van der Waals surface area contributed by atoms with Crippen molar-refractivity contribution >= 4 is 5.82 Å². The highest BCUT2D eigenvalue weighted by Crippen LogP contribution is 2.23. The number of rotatable bonds is 4. The first-order chi connectivity index (χ1) is 5.90. The quantitative estimate of drug-likeness (QED) is 0.732. The Labute approximate surface area is 72.0 Å². The smallest absolute Gasteiger partial charge is 0.145 e. The molecule has 0 radical (unpaired) electrons. The highest BCUT2D eigenvalue weighted by atomic mass is 15.5. The maximum atomic E-state index is 3.99. The minimum absolute atomic E-state index is 0.680. The van der Waals surface area contributed by atoms with Crippen LogP contribution in [0.1, 0.15) is 26.2 Å². The molecular weight excluding hydrogens is 152 g/mol. The summed E-state index contributed by atoms with van der Waals surface area (Å²) in [5.74, 6) is 1.07. The molecule has 0 aliphatic heterocycles. The summed E-state index contributed by atoms with van der Waals surface area (Å²) in [4.78, 5) is 0. The van der Waals surface area contributed by atoms with Gasteiger partial charge in [0.1, 0.15) is 5.82 Å². The number of nitrogens with one attached hydrogen (secondary N) is 1. The molecule has 1 aliphatic rings. The number of aryl methyl sites for hydroxylation is 1. The third-order valence-corrected chi connectivity index (χ3v) is 1.98. The Hall–Kier alpha value is -1.06. The lowest BCUT2D eigenvalue weighted by molar-refractivity contribution is 0.583. The molecule has 1 fully saturated rings. The normalized spacial score (nSPS) is 16.4. The standard InChI is InChI=1S/C8H14N4/c1-2-5-12-8(6-9-11-12)10-7-3-4-7/h6-7,10H,2-5H2,1H3. The molecule has 12 heavy (non-hydrogen) atoms. The van der Waals surface area contributed by atoms with E-state index < -0.39 is 0 Å². The molecule has 66 valence electrons. The van der Waals surface area contributed by atoms with Crippen molar-refractivity contribution < 1.29 is 0 Å². The summed E-state index contributed by atoms with van der Waals surface area (Å²) in [6, 6.07) is 0.680. The predicted octanol–water partition coefficient (Wildman–Crippen LogP) is 1.26. The molecule has 0 amide bonds. The van der Waals surface area contributed by atoms with E-state index in [0.29, 0.717) is 6.04 Å². The van der Waals surface area contributed by atoms with Gasteiger partial charge in [-0.1, -0.05) is 12.1 Å². The van der Waals surface area contributed by atoms with E-state index in [4.69, 9.17) is 0 Å². The van der Waals surface area contributed by atoms with Gasteiger partial charge in [0.25, 0.3) is 0 Å². The van der Waals surface area contributed by atoms with E-state index in [-0.39, 0.29) is 0 Å². The summed E-state index contributed by atoms with van der Waals surface area (Å²) in [5, 5.41) is 11.3. The van der Waals surface area contributed by atoms with Crippen molar-refractivity contribution in [2.75, 3.05) is 5.32 Å². The Kier molecular flexibility index (Phi) is 1.98. The molecule has 0 saturated heterocycles. The molecule has 1 aromatic rings. The average molecular weight is 166 g/mol. The minimum Gasteiger partial charge on any atom is -0.366 e. The monoisotopic (exact) mass is 166 g/mol. The van der Waals surface area contributed by atoms with Crippen molar-refractivity contribution in [2.24, 2.45) is 0 Å². The van der Waals surface area contributed by atoms with Gasteiger partial charge in [-0.2, -0.15) is 0 Å². The number of hydrogen-bond donors (Lipinski definition) is 1. The van der Waals surface area contributed by atoms with Gasteiger partial charge in [-0.15, -0.1) is 5.10 Å². The first-order valence-electron chi connectivity index (χ1n) is 4.55. The highest BCUT2D eigenvalue weighted by molar-refractivity contribution is 5.34. The number of anilines is 1. The van der Waals surface area contributed by atoms with Crippen LogP contribution in [0.15, 0.2) is 6.20 Å². The van der Waals surface area contributed by atoms with E-state index >= 15 is 0 Å². The van der Waals surface area contributed by atoms with Gasteiger partial charge in [0.15, 0.2) is 0 Å². The van der Waals surface area contributed by atoms with Crippen molar-refractivity contribution in [3.63, 3.8) is 0 Å². The molecule has 1 aromatic heterocycles. The molecule has 0 spiro atoms. The second-order valence-corrected chi connectivity index (χ2v) is 3.26. The molecule has 1 N–H and O–H groups in total. The summed E-state index contributed by atoms with van der Waals surface area (Å²) in [5.41, 5.74) is 0. The van der Waals surface area contributed by atoms with Crippen LogP contribution in [-0.4, -0.2) is 21.0 Å². The maximum Gasteiger partial charge on any atom is 0.145 e. The topological polar surface area (TPSA) is 42.7 Å². The van der Waals surface area contributed by atoms with Crippen LogP contribution in [0.3, 0.4) is 0 Å². The average Bonchev–Trinajstić information content (AvgIpc) is 2.76. The van der Waals surface area contributed by atoms with E-state index in [9.17, 15) is 0 Å². The molecule has 0 unspecified atom stereocenters. The van der Waals surface area contributed by atoms with Crippen LogP contribution in [0.25, 0.3) is 0 Å². The molecule has 2 rings (SSSR count). The second kappa shape index (κ2) is 3.13. The van der Waals surface area contributed by atoms with Crippen LogP contribution >= 0.6 is 0 Å². The summed E-state index contributed by atoms with van der Waals surface area (Å²) in [6.07, 6.45) is 5.48. The Bertz CT molecular complexity index is 251. The van der Waals surface area contributed by atoms with Gasteiger partial charge < -0.3 is 5.32 Å². The number of aromatic nitrogens is 3. The molecule has 0 bridgehead atoms. The molecule has 0 aromatic carbocycles. The molecule has 1 aliphatic carbocycles. The lowest BCUT2D eigenvalue weighted by Crippen LogP contribution is -2.09. The first-order valence-corrected chi connectivity index (χ1v) is 4.55. The Morgan fingerprint density at radius 1 is 1.67 bits per heavy atom. The van der Waals surface area contributed by atoms with Gasteiger partial charge in [0, 0.05) is 12.6 Å². The van der Waals surface area contributed by atoms with Crippen LogP contribution in [0.4, 0.5) is 5.82 Å². The predicted molar refractivity (Wildman–Crippen MR) is 47.0 cm³/mol. The Balaban J connectivity index is 2.01. The van der Waals surface area contributed by atoms with Crippen molar-refractivity contribution in [3.8, 4) is 0 Å². The third kappa shape index (κ3) is 1.57. The van der Waals surface area contributed by atoms with Crippen molar-refractivity contribution in [2.45, 2.75) is 38.8 Å². The molecular formula is C8H14N4. The van der Waals surface area contributed by atoms with E-state index in [1.807, 2.05) is 4.68 Å².